The van der Waals surface area contributed by atoms with Crippen LogP contribution >= 0.6 is 11.6 Å². The van der Waals surface area contributed by atoms with Gasteiger partial charge in [0.05, 0.1) is 5.38 Å². The van der Waals surface area contributed by atoms with Gasteiger partial charge in [-0.3, -0.25) is 0 Å². The summed E-state index contributed by atoms with van der Waals surface area (Å²) in [5.74, 6) is 0. The summed E-state index contributed by atoms with van der Waals surface area (Å²) in [6.45, 7) is 6.77. The molecule has 0 fully saturated rings. The highest BCUT2D eigenvalue weighted by Crippen LogP contribution is 2.31. The zero-order valence-corrected chi connectivity index (χ0v) is 12.6. The maximum Gasteiger partial charge on any atom is 0.0835 e. The van der Waals surface area contributed by atoms with Crippen molar-refractivity contribution in [2.75, 3.05) is 0 Å². The normalized spacial score (nSPS) is 13.3. The number of alkyl halides is 1. The summed E-state index contributed by atoms with van der Waals surface area (Å²) in [5, 5.41) is -0.0695. The Kier molecular flexibility index (Phi) is 4.31. The lowest BCUT2D eigenvalue weighted by Gasteiger charge is -2.23. The molecule has 0 aliphatic heterocycles. The lowest BCUT2D eigenvalue weighted by molar-refractivity contribution is 0.506. The summed E-state index contributed by atoms with van der Waals surface area (Å²) in [6.07, 6.45) is 1.13. The molecular formula is C18H21Cl. The minimum Gasteiger partial charge on any atom is -0.113 e. The zero-order valence-electron chi connectivity index (χ0n) is 11.9. The summed E-state index contributed by atoms with van der Waals surface area (Å²) in [6, 6.07) is 18.9. The summed E-state index contributed by atoms with van der Waals surface area (Å²) in [4.78, 5) is 0. The van der Waals surface area contributed by atoms with E-state index in [1.165, 1.54) is 5.56 Å². The Morgan fingerprint density at radius 3 is 1.95 bits per heavy atom. The molecule has 1 atom stereocenters. The lowest BCUT2D eigenvalue weighted by Crippen LogP contribution is -2.15. The van der Waals surface area contributed by atoms with Gasteiger partial charge in [-0.2, -0.15) is 0 Å². The molecule has 2 rings (SSSR count). The average Bonchev–Trinajstić information content (AvgIpc) is 2.47. The first-order valence-electron chi connectivity index (χ1n) is 6.84. The Morgan fingerprint density at radius 2 is 1.42 bits per heavy atom. The van der Waals surface area contributed by atoms with Crippen LogP contribution in [0.4, 0.5) is 0 Å². The maximum absolute atomic E-state index is 6.53. The van der Waals surface area contributed by atoms with Gasteiger partial charge in [0.15, 0.2) is 0 Å². The highest BCUT2D eigenvalue weighted by molar-refractivity contribution is 6.22. The van der Waals surface area contributed by atoms with Gasteiger partial charge in [-0.1, -0.05) is 75.4 Å². The highest BCUT2D eigenvalue weighted by Gasteiger charge is 2.18. The lowest BCUT2D eigenvalue weighted by atomic mass is 9.82. The Morgan fingerprint density at radius 1 is 0.895 bits per heavy atom. The van der Waals surface area contributed by atoms with Gasteiger partial charge < -0.3 is 0 Å². The third kappa shape index (κ3) is 3.19. The van der Waals surface area contributed by atoms with Gasteiger partial charge in [-0.25, -0.2) is 0 Å². The van der Waals surface area contributed by atoms with Crippen molar-refractivity contribution in [2.24, 2.45) is 0 Å². The van der Waals surface area contributed by atoms with Crippen LogP contribution in [0.1, 0.15) is 49.3 Å². The van der Waals surface area contributed by atoms with E-state index >= 15 is 0 Å². The van der Waals surface area contributed by atoms with Gasteiger partial charge in [-0.15, -0.1) is 11.6 Å². The molecule has 0 bridgehead atoms. The second-order valence-electron chi connectivity index (χ2n) is 5.63. The molecule has 0 nitrogen and oxygen atoms in total. The predicted octanol–water partition coefficient (Wildman–Crippen LogP) is 5.70. The van der Waals surface area contributed by atoms with Crippen LogP contribution in [-0.4, -0.2) is 0 Å². The number of halogens is 1. The van der Waals surface area contributed by atoms with Crippen LogP contribution in [0, 0.1) is 0 Å². The van der Waals surface area contributed by atoms with E-state index in [0.717, 1.165) is 17.5 Å². The fraction of sp³-hybridized carbons (Fsp3) is 0.333. The van der Waals surface area contributed by atoms with Crippen molar-refractivity contribution < 1.29 is 0 Å². The molecule has 0 heterocycles. The number of rotatable bonds is 4. The molecule has 1 heteroatoms. The Labute approximate surface area is 121 Å². The SMILES string of the molecule is CCC(C)(C)c1ccc(C(Cl)c2ccccc2)cc1. The number of benzene rings is 2. The van der Waals surface area contributed by atoms with Crippen LogP contribution in [-0.2, 0) is 5.41 Å². The minimum absolute atomic E-state index is 0.0695. The first-order chi connectivity index (χ1) is 9.04. The molecule has 2 aromatic carbocycles. The molecule has 0 spiro atoms. The van der Waals surface area contributed by atoms with Crippen LogP contribution in [0.25, 0.3) is 0 Å². The van der Waals surface area contributed by atoms with Crippen LogP contribution in [0.5, 0.6) is 0 Å². The van der Waals surface area contributed by atoms with E-state index in [4.69, 9.17) is 11.6 Å². The molecule has 100 valence electrons. The minimum atomic E-state index is -0.0695. The van der Waals surface area contributed by atoms with Crippen molar-refractivity contribution in [2.45, 2.75) is 38.0 Å². The average molecular weight is 273 g/mol. The van der Waals surface area contributed by atoms with E-state index in [2.05, 4.69) is 57.2 Å². The van der Waals surface area contributed by atoms with Crippen LogP contribution in [0.3, 0.4) is 0 Å². The van der Waals surface area contributed by atoms with Crippen molar-refractivity contribution in [3.63, 3.8) is 0 Å². The summed E-state index contributed by atoms with van der Waals surface area (Å²) >= 11 is 6.53. The molecule has 0 saturated heterocycles. The van der Waals surface area contributed by atoms with Crippen molar-refractivity contribution in [1.29, 1.82) is 0 Å². The smallest absolute Gasteiger partial charge is 0.0835 e. The third-order valence-corrected chi connectivity index (χ3v) is 4.46. The van der Waals surface area contributed by atoms with Gasteiger partial charge in [0.1, 0.15) is 0 Å². The molecule has 0 radical (unpaired) electrons. The van der Waals surface area contributed by atoms with Crippen molar-refractivity contribution in [3.05, 3.63) is 71.3 Å². The van der Waals surface area contributed by atoms with Gasteiger partial charge in [-0.05, 0) is 28.5 Å². The fourth-order valence-corrected chi connectivity index (χ4v) is 2.41. The predicted molar refractivity (Wildman–Crippen MR) is 83.9 cm³/mol. The fourth-order valence-electron chi connectivity index (χ4n) is 2.12. The maximum atomic E-state index is 6.53. The summed E-state index contributed by atoms with van der Waals surface area (Å²) < 4.78 is 0. The summed E-state index contributed by atoms with van der Waals surface area (Å²) in [7, 11) is 0. The standard InChI is InChI=1S/C18H21Cl/c1-4-18(2,3)16-12-10-15(11-13-16)17(19)14-8-6-5-7-9-14/h5-13,17H,4H2,1-3H3. The number of hydrogen-bond acceptors (Lipinski definition) is 0. The quantitative estimate of drug-likeness (QED) is 0.626. The van der Waals surface area contributed by atoms with Crippen LogP contribution < -0.4 is 0 Å². The van der Waals surface area contributed by atoms with E-state index in [1.54, 1.807) is 0 Å². The van der Waals surface area contributed by atoms with Gasteiger partial charge >= 0.3 is 0 Å². The first-order valence-corrected chi connectivity index (χ1v) is 7.27. The van der Waals surface area contributed by atoms with Crippen LogP contribution in [0.15, 0.2) is 54.6 Å². The van der Waals surface area contributed by atoms with Crippen LogP contribution in [0.2, 0.25) is 0 Å². The van der Waals surface area contributed by atoms with E-state index < -0.39 is 0 Å². The zero-order chi connectivity index (χ0) is 13.9. The Hall–Kier alpha value is -1.27. The largest absolute Gasteiger partial charge is 0.113 e. The summed E-state index contributed by atoms with van der Waals surface area (Å²) in [5.41, 5.74) is 3.90. The van der Waals surface area contributed by atoms with Crippen molar-refractivity contribution >= 4 is 11.6 Å². The van der Waals surface area contributed by atoms with E-state index in [0.29, 0.717) is 0 Å². The van der Waals surface area contributed by atoms with Gasteiger partial charge in [0.2, 0.25) is 0 Å². The highest BCUT2D eigenvalue weighted by atomic mass is 35.5. The Balaban J connectivity index is 2.24. The molecule has 0 aromatic heterocycles. The molecular weight excluding hydrogens is 252 g/mol. The second kappa shape index (κ2) is 5.79. The molecule has 2 aromatic rings. The molecule has 0 aliphatic rings. The third-order valence-electron chi connectivity index (χ3n) is 3.96. The molecule has 0 aliphatic carbocycles. The van der Waals surface area contributed by atoms with Gasteiger partial charge in [0.25, 0.3) is 0 Å². The Bertz CT molecular complexity index is 511. The topological polar surface area (TPSA) is 0 Å². The molecule has 0 N–H and O–H groups in total. The molecule has 1 unspecified atom stereocenters. The van der Waals surface area contributed by atoms with E-state index in [-0.39, 0.29) is 10.8 Å². The van der Waals surface area contributed by atoms with Crippen molar-refractivity contribution in [3.8, 4) is 0 Å². The molecule has 19 heavy (non-hydrogen) atoms. The van der Waals surface area contributed by atoms with Crippen molar-refractivity contribution in [1.82, 2.24) is 0 Å². The van der Waals surface area contributed by atoms with Gasteiger partial charge in [0, 0.05) is 0 Å². The first kappa shape index (κ1) is 14.1. The molecule has 0 amide bonds. The van der Waals surface area contributed by atoms with E-state index in [1.807, 2.05) is 18.2 Å². The monoisotopic (exact) mass is 272 g/mol. The molecule has 0 saturated carbocycles. The second-order valence-corrected chi connectivity index (χ2v) is 6.07. The number of hydrogen-bond donors (Lipinski definition) is 0. The van der Waals surface area contributed by atoms with E-state index in [9.17, 15) is 0 Å².